The van der Waals surface area contributed by atoms with Crippen LogP contribution >= 0.6 is 0 Å². The molecule has 1 amide bonds. The molecule has 218 valence electrons. The molecule has 4 aromatic rings. The van der Waals surface area contributed by atoms with Crippen molar-refractivity contribution >= 4 is 12.1 Å². The van der Waals surface area contributed by atoms with E-state index in [-0.39, 0.29) is 42.0 Å². The van der Waals surface area contributed by atoms with Crippen LogP contribution in [0.2, 0.25) is 0 Å². The molecule has 1 N–H and O–H groups in total. The minimum Gasteiger partial charge on any atom is -0.548 e. The second kappa shape index (κ2) is 13.9. The third-order valence-corrected chi connectivity index (χ3v) is 7.65. The van der Waals surface area contributed by atoms with Crippen LogP contribution in [0.3, 0.4) is 0 Å². The van der Waals surface area contributed by atoms with Crippen molar-refractivity contribution in [2.24, 2.45) is 0 Å². The Hall–Kier alpha value is -3.43. The van der Waals surface area contributed by atoms with Gasteiger partial charge in [-0.3, -0.25) is 4.90 Å². The molecular weight excluding hydrogens is 551 g/mol. The second-order valence-electron chi connectivity index (χ2n) is 11.7. The van der Waals surface area contributed by atoms with E-state index in [2.05, 4.69) is 46.3 Å². The van der Waals surface area contributed by atoms with Crippen LogP contribution in [0.4, 0.5) is 4.79 Å². The Kier molecular flexibility index (Phi) is 10.5. The fourth-order valence-electron chi connectivity index (χ4n) is 5.86. The number of nitrogens with zero attached hydrogens (tertiary/aromatic N) is 3. The average molecular weight is 589 g/mol. The first-order valence-electron chi connectivity index (χ1n) is 14.3. The molecule has 1 aromatic heterocycles. The van der Waals surface area contributed by atoms with Crippen molar-refractivity contribution in [1.82, 2.24) is 19.8 Å². The van der Waals surface area contributed by atoms with Crippen molar-refractivity contribution in [2.75, 3.05) is 13.1 Å². The third-order valence-electron chi connectivity index (χ3n) is 7.65. The van der Waals surface area contributed by atoms with E-state index in [0.29, 0.717) is 25.2 Å². The monoisotopic (exact) mass is 588 g/mol. The minimum atomic E-state index is -1.16. The van der Waals surface area contributed by atoms with Gasteiger partial charge in [0.1, 0.15) is 11.1 Å². The molecule has 0 radical (unpaired) electrons. The summed E-state index contributed by atoms with van der Waals surface area (Å²) in [6.45, 7) is 6.32. The summed E-state index contributed by atoms with van der Waals surface area (Å²) in [6, 6.07) is 29.6. The SMILES string of the molecule is CC(C)(C)OC(=O)N[C@H]1CCN([C@@H](Cc2cn(C(c3ccccc3)(c3ccccc3)c3ccccc3)cn2)C(=O)[O-])C1.[Na+]. The van der Waals surface area contributed by atoms with E-state index in [1.54, 1.807) is 27.1 Å². The number of carboxylic acids is 1. The molecule has 1 aliphatic heterocycles. The van der Waals surface area contributed by atoms with Gasteiger partial charge in [-0.25, -0.2) is 9.78 Å². The molecule has 9 heteroatoms. The van der Waals surface area contributed by atoms with Gasteiger partial charge in [0.25, 0.3) is 0 Å². The van der Waals surface area contributed by atoms with Crippen molar-refractivity contribution in [3.05, 3.63) is 126 Å². The topological polar surface area (TPSA) is 99.5 Å². The zero-order chi connectivity index (χ0) is 29.7. The normalized spacial score (nSPS) is 16.2. The third kappa shape index (κ3) is 7.39. The largest absolute Gasteiger partial charge is 1.00 e. The van der Waals surface area contributed by atoms with Gasteiger partial charge in [-0.15, -0.1) is 0 Å². The van der Waals surface area contributed by atoms with Gasteiger partial charge in [0.05, 0.1) is 24.0 Å². The standard InChI is InChI=1S/C34H38N4O4.Na/c1-33(2,3)42-32(41)36-28-19-20-37(22-28)30(31(39)40)21-29-23-38(24-35-29)34(25-13-7-4-8-14-25,26-15-9-5-10-16-26)27-17-11-6-12-18-27;/h4-18,23-24,28,30H,19-22H2,1-3H3,(H,36,41)(H,39,40);/q;+1/p-1/t28-,30-;/m0./s1. The van der Waals surface area contributed by atoms with Gasteiger partial charge < -0.3 is 24.5 Å². The Morgan fingerprint density at radius 1 is 0.930 bits per heavy atom. The molecular formula is C34H37N4NaO4. The van der Waals surface area contributed by atoms with Crippen LogP contribution in [0.5, 0.6) is 0 Å². The van der Waals surface area contributed by atoms with E-state index in [1.165, 1.54) is 0 Å². The number of nitrogens with one attached hydrogen (secondary N) is 1. The van der Waals surface area contributed by atoms with Gasteiger partial charge in [-0.2, -0.15) is 0 Å². The van der Waals surface area contributed by atoms with Gasteiger partial charge in [-0.05, 0) is 43.9 Å². The molecule has 1 fully saturated rings. The Morgan fingerprint density at radius 3 is 1.91 bits per heavy atom. The quantitative estimate of drug-likeness (QED) is 0.231. The molecule has 0 spiro atoms. The van der Waals surface area contributed by atoms with Crippen molar-refractivity contribution in [1.29, 1.82) is 0 Å². The van der Waals surface area contributed by atoms with E-state index in [0.717, 1.165) is 16.7 Å². The van der Waals surface area contributed by atoms with E-state index in [9.17, 15) is 14.7 Å². The van der Waals surface area contributed by atoms with Crippen LogP contribution in [-0.4, -0.2) is 57.3 Å². The summed E-state index contributed by atoms with van der Waals surface area (Å²) in [6.07, 6.45) is 4.01. The smallest absolute Gasteiger partial charge is 0.548 e. The summed E-state index contributed by atoms with van der Waals surface area (Å²) < 4.78 is 7.45. The molecule has 3 aromatic carbocycles. The zero-order valence-corrected chi connectivity index (χ0v) is 27.3. The fraction of sp³-hybridized carbons (Fsp3) is 0.324. The Bertz CT molecular complexity index is 1390. The summed E-state index contributed by atoms with van der Waals surface area (Å²) in [5.41, 5.74) is 2.46. The molecule has 43 heavy (non-hydrogen) atoms. The van der Waals surface area contributed by atoms with Crippen molar-refractivity contribution in [2.45, 2.75) is 56.8 Å². The van der Waals surface area contributed by atoms with E-state index < -0.39 is 29.2 Å². The zero-order valence-electron chi connectivity index (χ0n) is 25.3. The number of alkyl carbamates (subject to hydrolysis) is 1. The van der Waals surface area contributed by atoms with Crippen molar-refractivity contribution in [3.63, 3.8) is 0 Å². The molecule has 8 nitrogen and oxygen atoms in total. The number of amides is 1. The van der Waals surface area contributed by atoms with Crippen LogP contribution in [0.15, 0.2) is 104 Å². The van der Waals surface area contributed by atoms with Gasteiger partial charge in [0.2, 0.25) is 0 Å². The predicted molar refractivity (Wildman–Crippen MR) is 159 cm³/mol. The first-order chi connectivity index (χ1) is 20.2. The maximum absolute atomic E-state index is 12.4. The Labute approximate surface area is 275 Å². The van der Waals surface area contributed by atoms with Crippen LogP contribution in [0.1, 0.15) is 49.6 Å². The molecule has 2 heterocycles. The number of likely N-dealkylation sites (tertiary alicyclic amines) is 1. The second-order valence-corrected chi connectivity index (χ2v) is 11.7. The Morgan fingerprint density at radius 2 is 1.44 bits per heavy atom. The maximum Gasteiger partial charge on any atom is 1.00 e. The van der Waals surface area contributed by atoms with Crippen LogP contribution in [0.25, 0.3) is 0 Å². The number of hydrogen-bond donors (Lipinski definition) is 1. The summed E-state index contributed by atoms with van der Waals surface area (Å²) in [5.74, 6) is -1.16. The maximum atomic E-state index is 12.4. The molecule has 0 saturated carbocycles. The van der Waals surface area contributed by atoms with E-state index in [4.69, 9.17) is 9.72 Å². The number of imidazole rings is 1. The molecule has 5 rings (SSSR count). The number of aromatic nitrogens is 2. The number of ether oxygens (including phenoxy) is 1. The number of benzene rings is 3. The van der Waals surface area contributed by atoms with Gasteiger partial charge in [0.15, 0.2) is 0 Å². The first kappa shape index (κ1) is 32.5. The van der Waals surface area contributed by atoms with Crippen LogP contribution in [-0.2, 0) is 21.5 Å². The summed E-state index contributed by atoms with van der Waals surface area (Å²) in [7, 11) is 0. The fourth-order valence-corrected chi connectivity index (χ4v) is 5.86. The average Bonchev–Trinajstić information content (AvgIpc) is 3.63. The number of aliphatic carboxylic acids is 1. The first-order valence-corrected chi connectivity index (χ1v) is 14.3. The molecule has 1 aliphatic rings. The number of carboxylic acid groups (broad SMARTS) is 1. The van der Waals surface area contributed by atoms with E-state index >= 15 is 0 Å². The summed E-state index contributed by atoms with van der Waals surface area (Å²) in [5, 5.41) is 15.2. The number of rotatable bonds is 9. The molecule has 0 aliphatic carbocycles. The minimum absolute atomic E-state index is 0. The van der Waals surface area contributed by atoms with Crippen molar-refractivity contribution < 1.29 is 49.0 Å². The van der Waals surface area contributed by atoms with E-state index in [1.807, 2.05) is 65.7 Å². The molecule has 2 atom stereocenters. The number of carbonyl (C=O) groups excluding carboxylic acids is 2. The summed E-state index contributed by atoms with van der Waals surface area (Å²) >= 11 is 0. The molecule has 0 bridgehead atoms. The van der Waals surface area contributed by atoms with Gasteiger partial charge in [0, 0.05) is 31.7 Å². The molecule has 0 unspecified atom stereocenters. The van der Waals surface area contributed by atoms with Gasteiger partial charge in [-0.1, -0.05) is 91.0 Å². The van der Waals surface area contributed by atoms with Crippen LogP contribution < -0.4 is 40.0 Å². The Balaban J connectivity index is 0.00000423. The molecule has 1 saturated heterocycles. The van der Waals surface area contributed by atoms with Gasteiger partial charge >= 0.3 is 35.7 Å². The predicted octanol–water partition coefficient (Wildman–Crippen LogP) is 0.987. The van der Waals surface area contributed by atoms with Crippen molar-refractivity contribution in [3.8, 4) is 0 Å². The number of carbonyl (C=O) groups is 2. The number of hydrogen-bond acceptors (Lipinski definition) is 6. The summed E-state index contributed by atoms with van der Waals surface area (Å²) in [4.78, 5) is 31.2. The van der Waals surface area contributed by atoms with Crippen LogP contribution in [0, 0.1) is 0 Å².